The molecule has 1 aromatic carbocycles. The Morgan fingerprint density at radius 3 is 2.66 bits per heavy atom. The molecule has 0 radical (unpaired) electrons. The second kappa shape index (κ2) is 9.44. The quantitative estimate of drug-likeness (QED) is 0.421. The Hall–Kier alpha value is -2.62. The summed E-state index contributed by atoms with van der Waals surface area (Å²) in [5.41, 5.74) is 2.24. The van der Waals surface area contributed by atoms with Gasteiger partial charge in [-0.15, -0.1) is 0 Å². The van der Waals surface area contributed by atoms with E-state index in [4.69, 9.17) is 32.9 Å². The monoisotopic (exact) mass is 536 g/mol. The number of aromatic nitrogens is 2. The number of aryl methyl sites for hydroxylation is 1. The fourth-order valence-corrected chi connectivity index (χ4v) is 6.05. The number of amides is 1. The first-order chi connectivity index (χ1) is 16.8. The maximum Gasteiger partial charge on any atom is 0.350 e. The topological polar surface area (TPSA) is 87.3 Å². The number of aromatic amines is 1. The SMILES string of the molecule is CCOC(=O)c1sc(N2C[C@@H]3C(NC(=O)c4[nH]c(C)c(Cl)c4Cl)[C@@H]3C2)nc1Cc1cccc(F)c1. The van der Waals surface area contributed by atoms with Crippen molar-refractivity contribution in [1.29, 1.82) is 0 Å². The molecule has 3 heterocycles. The minimum atomic E-state index is -0.422. The van der Waals surface area contributed by atoms with Crippen LogP contribution in [0.25, 0.3) is 0 Å². The number of fused-ring (bicyclic) bond motifs is 1. The fraction of sp³-hybridized carbons (Fsp3) is 0.375. The van der Waals surface area contributed by atoms with E-state index in [0.717, 1.165) is 10.7 Å². The van der Waals surface area contributed by atoms with Crippen molar-refractivity contribution in [2.75, 3.05) is 24.6 Å². The van der Waals surface area contributed by atoms with E-state index in [0.29, 0.717) is 40.8 Å². The summed E-state index contributed by atoms with van der Waals surface area (Å²) in [6, 6.07) is 6.32. The summed E-state index contributed by atoms with van der Waals surface area (Å²) < 4.78 is 18.9. The lowest BCUT2D eigenvalue weighted by Crippen LogP contribution is -2.34. The summed E-state index contributed by atoms with van der Waals surface area (Å²) in [5.74, 6) is -0.459. The van der Waals surface area contributed by atoms with Crippen LogP contribution in [0.15, 0.2) is 24.3 Å². The number of piperidine rings is 1. The first-order valence-electron chi connectivity index (χ1n) is 11.3. The van der Waals surface area contributed by atoms with Crippen LogP contribution >= 0.6 is 34.5 Å². The number of esters is 1. The average Bonchev–Trinajstić information content (AvgIpc) is 3.18. The van der Waals surface area contributed by atoms with Gasteiger partial charge in [-0.05, 0) is 31.5 Å². The van der Waals surface area contributed by atoms with Crippen LogP contribution in [0.2, 0.25) is 10.0 Å². The van der Waals surface area contributed by atoms with E-state index in [-0.39, 0.29) is 46.9 Å². The molecule has 1 aliphatic heterocycles. The molecule has 1 unspecified atom stereocenters. The number of hydrogen-bond donors (Lipinski definition) is 2. The lowest BCUT2D eigenvalue weighted by atomic mass is 10.1. The van der Waals surface area contributed by atoms with Crippen LogP contribution in [0.4, 0.5) is 9.52 Å². The number of nitrogens with zero attached hydrogens (tertiary/aromatic N) is 2. The Bertz CT molecular complexity index is 1300. The van der Waals surface area contributed by atoms with Gasteiger partial charge in [-0.25, -0.2) is 14.2 Å². The highest BCUT2D eigenvalue weighted by Gasteiger charge is 2.57. The van der Waals surface area contributed by atoms with Crippen molar-refractivity contribution in [2.24, 2.45) is 11.8 Å². The van der Waals surface area contributed by atoms with Gasteiger partial charge in [-0.1, -0.05) is 46.7 Å². The van der Waals surface area contributed by atoms with Crippen molar-refractivity contribution in [2.45, 2.75) is 26.3 Å². The number of hydrogen-bond acceptors (Lipinski definition) is 6. The molecule has 35 heavy (non-hydrogen) atoms. The number of carbonyl (C=O) groups is 2. The van der Waals surface area contributed by atoms with Gasteiger partial charge in [0.05, 0.1) is 22.3 Å². The van der Waals surface area contributed by atoms with Crippen molar-refractivity contribution in [3.8, 4) is 0 Å². The van der Waals surface area contributed by atoms with Crippen LogP contribution in [-0.4, -0.2) is 47.6 Å². The first-order valence-corrected chi connectivity index (χ1v) is 12.8. The van der Waals surface area contributed by atoms with Crippen LogP contribution in [0.3, 0.4) is 0 Å². The van der Waals surface area contributed by atoms with Crippen LogP contribution in [0.1, 0.15) is 44.0 Å². The molecule has 0 bridgehead atoms. The smallest absolute Gasteiger partial charge is 0.350 e. The predicted octanol–water partition coefficient (Wildman–Crippen LogP) is 4.86. The largest absolute Gasteiger partial charge is 0.462 e. The molecular weight excluding hydrogens is 514 g/mol. The van der Waals surface area contributed by atoms with E-state index in [1.165, 1.54) is 23.5 Å². The van der Waals surface area contributed by atoms with E-state index < -0.39 is 5.97 Å². The zero-order chi connectivity index (χ0) is 24.9. The molecule has 184 valence electrons. The van der Waals surface area contributed by atoms with Gasteiger partial charge in [0.1, 0.15) is 16.4 Å². The molecule has 3 aromatic rings. The third kappa shape index (κ3) is 4.64. The second-order valence-corrected chi connectivity index (χ2v) is 10.5. The zero-order valence-corrected chi connectivity index (χ0v) is 21.4. The summed E-state index contributed by atoms with van der Waals surface area (Å²) in [4.78, 5) is 35.5. The predicted molar refractivity (Wildman–Crippen MR) is 133 cm³/mol. The Morgan fingerprint density at radius 2 is 2.03 bits per heavy atom. The Morgan fingerprint density at radius 1 is 1.29 bits per heavy atom. The molecule has 0 spiro atoms. The van der Waals surface area contributed by atoms with Gasteiger partial charge in [0.2, 0.25) is 0 Å². The van der Waals surface area contributed by atoms with Gasteiger partial charge >= 0.3 is 5.97 Å². The molecule has 2 N–H and O–H groups in total. The number of H-pyrrole nitrogens is 1. The number of ether oxygens (including phenoxy) is 1. The van der Waals surface area contributed by atoms with Crippen LogP contribution in [0.5, 0.6) is 0 Å². The van der Waals surface area contributed by atoms with Crippen molar-refractivity contribution < 1.29 is 18.7 Å². The second-order valence-electron chi connectivity index (χ2n) is 8.78. The molecule has 1 saturated heterocycles. The van der Waals surface area contributed by atoms with E-state index in [2.05, 4.69) is 15.2 Å². The number of benzene rings is 1. The molecular formula is C24H23Cl2FN4O3S. The minimum absolute atomic E-state index is 0.0495. The third-order valence-corrected chi connectivity index (χ3v) is 8.54. The van der Waals surface area contributed by atoms with Crippen LogP contribution in [-0.2, 0) is 11.2 Å². The normalized spacial score (nSPS) is 20.6. The van der Waals surface area contributed by atoms with Gasteiger partial charge in [-0.3, -0.25) is 4.79 Å². The highest BCUT2D eigenvalue weighted by Crippen LogP contribution is 2.48. The van der Waals surface area contributed by atoms with E-state index in [1.54, 1.807) is 26.0 Å². The summed E-state index contributed by atoms with van der Waals surface area (Å²) >= 11 is 13.5. The highest BCUT2D eigenvalue weighted by atomic mass is 35.5. The standard InChI is InChI=1S/C24H23Cl2FN4O3S/c1-3-34-23(33)21-16(8-12-5-4-6-13(27)7-12)29-24(35-21)31-9-14-15(10-31)19(14)30-22(32)20-18(26)17(25)11(2)28-20/h4-7,14-15,19,28H,3,8-10H2,1-2H3,(H,30,32)/t14-,15+,19?. The van der Waals surface area contributed by atoms with Crippen LogP contribution < -0.4 is 10.2 Å². The maximum absolute atomic E-state index is 13.7. The molecule has 1 amide bonds. The van der Waals surface area contributed by atoms with Crippen molar-refractivity contribution in [3.63, 3.8) is 0 Å². The first kappa shape index (κ1) is 24.1. The van der Waals surface area contributed by atoms with Gasteiger partial charge in [0, 0.05) is 43.1 Å². The van der Waals surface area contributed by atoms with Crippen LogP contribution in [0, 0.1) is 24.6 Å². The van der Waals surface area contributed by atoms with Gasteiger partial charge in [-0.2, -0.15) is 0 Å². The maximum atomic E-state index is 13.7. The van der Waals surface area contributed by atoms with E-state index in [9.17, 15) is 14.0 Å². The average molecular weight is 537 g/mol. The number of anilines is 1. The molecule has 2 aromatic heterocycles. The summed E-state index contributed by atoms with van der Waals surface area (Å²) in [7, 11) is 0. The van der Waals surface area contributed by atoms with E-state index >= 15 is 0 Å². The molecule has 7 nitrogen and oxygen atoms in total. The number of carbonyl (C=O) groups excluding carboxylic acids is 2. The zero-order valence-electron chi connectivity index (χ0n) is 19.0. The third-order valence-electron chi connectivity index (χ3n) is 6.45. The van der Waals surface area contributed by atoms with Crippen molar-refractivity contribution in [1.82, 2.24) is 15.3 Å². The Labute approximate surface area is 215 Å². The minimum Gasteiger partial charge on any atom is -0.462 e. The Kier molecular flexibility index (Phi) is 6.50. The molecule has 1 saturated carbocycles. The lowest BCUT2D eigenvalue weighted by molar-refractivity contribution is 0.0530. The van der Waals surface area contributed by atoms with Gasteiger partial charge in [0.25, 0.3) is 5.91 Å². The molecule has 11 heteroatoms. The van der Waals surface area contributed by atoms with E-state index in [1.807, 2.05) is 0 Å². The molecule has 3 atom stereocenters. The number of rotatable bonds is 7. The molecule has 2 fully saturated rings. The summed E-state index contributed by atoms with van der Waals surface area (Å²) in [5, 5.41) is 4.36. The fourth-order valence-electron chi connectivity index (χ4n) is 4.64. The molecule has 1 aliphatic carbocycles. The van der Waals surface area contributed by atoms with Gasteiger partial charge < -0.3 is 19.9 Å². The number of thiazole rings is 1. The van der Waals surface area contributed by atoms with Gasteiger partial charge in [0.15, 0.2) is 5.13 Å². The lowest BCUT2D eigenvalue weighted by Gasteiger charge is -2.19. The summed E-state index contributed by atoms with van der Waals surface area (Å²) in [6.45, 7) is 5.20. The Balaban J connectivity index is 1.27. The number of nitrogens with one attached hydrogen (secondary N) is 2. The highest BCUT2D eigenvalue weighted by molar-refractivity contribution is 7.17. The number of halogens is 3. The summed E-state index contributed by atoms with van der Waals surface area (Å²) in [6.07, 6.45) is 0.334. The molecule has 5 rings (SSSR count). The van der Waals surface area contributed by atoms with Crippen molar-refractivity contribution >= 4 is 51.5 Å². The molecule has 2 aliphatic rings. The van der Waals surface area contributed by atoms with Crippen molar-refractivity contribution in [3.05, 3.63) is 67.7 Å².